The summed E-state index contributed by atoms with van der Waals surface area (Å²) in [6.45, 7) is 0. The van der Waals surface area contributed by atoms with Crippen molar-refractivity contribution in [3.8, 4) is 0 Å². The molecule has 2 saturated carbocycles. The lowest BCUT2D eigenvalue weighted by Crippen LogP contribution is -2.21. The molecule has 3 rings (SSSR count). The third kappa shape index (κ3) is 2.30. The average Bonchev–Trinajstić information content (AvgIpc) is 2.98. The van der Waals surface area contributed by atoms with Crippen molar-refractivity contribution in [2.45, 2.75) is 19.3 Å². The molecule has 100 valence electrons. The van der Waals surface area contributed by atoms with Crippen LogP contribution in [-0.4, -0.2) is 10.8 Å². The van der Waals surface area contributed by atoms with Crippen molar-refractivity contribution in [3.05, 3.63) is 34.1 Å². The van der Waals surface area contributed by atoms with Crippen molar-refractivity contribution >= 4 is 17.3 Å². The smallest absolute Gasteiger partial charge is 0.306 e. The molecular formula is C13H13FN2O3. The topological polar surface area (TPSA) is 72.2 Å². The first kappa shape index (κ1) is 12.1. The Morgan fingerprint density at radius 2 is 2.00 bits per heavy atom. The normalized spacial score (nSPS) is 27.7. The summed E-state index contributed by atoms with van der Waals surface area (Å²) in [6.07, 6.45) is 3.03. The molecule has 0 radical (unpaired) electrons. The van der Waals surface area contributed by atoms with Crippen LogP contribution in [0.1, 0.15) is 19.3 Å². The fraction of sp³-hybridized carbons (Fsp3) is 0.462. The van der Waals surface area contributed by atoms with Crippen LogP contribution in [0.2, 0.25) is 0 Å². The van der Waals surface area contributed by atoms with E-state index in [1.54, 1.807) is 0 Å². The van der Waals surface area contributed by atoms with Crippen molar-refractivity contribution in [1.29, 1.82) is 0 Å². The number of amides is 1. The van der Waals surface area contributed by atoms with Crippen LogP contribution >= 0.6 is 0 Å². The molecule has 19 heavy (non-hydrogen) atoms. The van der Waals surface area contributed by atoms with Crippen LogP contribution in [0, 0.1) is 33.7 Å². The van der Waals surface area contributed by atoms with E-state index in [2.05, 4.69) is 5.32 Å². The van der Waals surface area contributed by atoms with Crippen LogP contribution in [0.15, 0.2) is 18.2 Å². The monoisotopic (exact) mass is 264 g/mol. The van der Waals surface area contributed by atoms with Gasteiger partial charge in [0.05, 0.1) is 4.92 Å². The first-order chi connectivity index (χ1) is 9.04. The van der Waals surface area contributed by atoms with E-state index in [1.807, 2.05) is 0 Å². The number of anilines is 1. The third-order valence-electron chi connectivity index (χ3n) is 4.02. The van der Waals surface area contributed by atoms with E-state index in [9.17, 15) is 19.3 Å². The van der Waals surface area contributed by atoms with Crippen molar-refractivity contribution in [2.75, 3.05) is 5.32 Å². The minimum atomic E-state index is -0.898. The maximum Gasteiger partial charge on any atom is 0.306 e. The number of nitrogens with zero attached hydrogens (tertiary/aromatic N) is 1. The van der Waals surface area contributed by atoms with Crippen molar-refractivity contribution < 1.29 is 14.1 Å². The van der Waals surface area contributed by atoms with Crippen molar-refractivity contribution in [3.63, 3.8) is 0 Å². The summed E-state index contributed by atoms with van der Waals surface area (Å²) >= 11 is 0. The Bertz CT molecular complexity index is 551. The van der Waals surface area contributed by atoms with Gasteiger partial charge in [-0.15, -0.1) is 0 Å². The van der Waals surface area contributed by atoms with Crippen molar-refractivity contribution in [2.24, 2.45) is 17.8 Å². The SMILES string of the molecule is O=C(Nc1ccc(F)c([N+](=O)[O-])c1)C1CC2CC2C1. The molecule has 2 unspecified atom stereocenters. The van der Waals surface area contributed by atoms with Gasteiger partial charge >= 0.3 is 5.69 Å². The molecule has 1 aromatic carbocycles. The summed E-state index contributed by atoms with van der Waals surface area (Å²) in [4.78, 5) is 21.8. The number of rotatable bonds is 3. The lowest BCUT2D eigenvalue weighted by molar-refractivity contribution is -0.387. The average molecular weight is 264 g/mol. The summed E-state index contributed by atoms with van der Waals surface area (Å²) in [5.74, 6) is 0.364. The Balaban J connectivity index is 1.70. The molecule has 0 aliphatic heterocycles. The fourth-order valence-corrected chi connectivity index (χ4v) is 2.90. The van der Waals surface area contributed by atoms with E-state index in [4.69, 9.17) is 0 Å². The van der Waals surface area contributed by atoms with Crippen LogP contribution in [0.3, 0.4) is 0 Å². The van der Waals surface area contributed by atoms with Gasteiger partial charge in [0.2, 0.25) is 11.7 Å². The summed E-state index contributed by atoms with van der Waals surface area (Å²) in [6, 6.07) is 3.40. The Morgan fingerprint density at radius 1 is 1.32 bits per heavy atom. The standard InChI is InChI=1S/C13H13FN2O3/c14-11-2-1-10(6-12(11)16(18)19)15-13(17)9-4-7-3-8(7)5-9/h1-2,6-9H,3-5H2,(H,15,17). The van der Waals surface area contributed by atoms with E-state index in [0.717, 1.165) is 25.0 Å². The molecule has 0 bridgehead atoms. The molecule has 0 aromatic heterocycles. The highest BCUT2D eigenvalue weighted by atomic mass is 19.1. The van der Waals surface area contributed by atoms with Crippen molar-refractivity contribution in [1.82, 2.24) is 0 Å². The number of hydrogen-bond acceptors (Lipinski definition) is 3. The molecular weight excluding hydrogens is 251 g/mol. The number of nitro groups is 1. The van der Waals surface area contributed by atoms with E-state index in [1.165, 1.54) is 12.5 Å². The predicted octanol–water partition coefficient (Wildman–Crippen LogP) is 2.72. The number of carbonyl (C=O) groups is 1. The minimum absolute atomic E-state index is 0.00661. The van der Waals surface area contributed by atoms with Gasteiger partial charge in [-0.1, -0.05) is 0 Å². The number of carbonyl (C=O) groups excluding carboxylic acids is 1. The van der Waals surface area contributed by atoms with Gasteiger partial charge in [-0.2, -0.15) is 4.39 Å². The molecule has 0 spiro atoms. The van der Waals surface area contributed by atoms with Gasteiger partial charge in [0.25, 0.3) is 0 Å². The third-order valence-corrected chi connectivity index (χ3v) is 4.02. The van der Waals surface area contributed by atoms with Crippen LogP contribution < -0.4 is 5.32 Å². The maximum absolute atomic E-state index is 13.2. The summed E-state index contributed by atoms with van der Waals surface area (Å²) in [5.41, 5.74) is -0.342. The Morgan fingerprint density at radius 3 is 2.63 bits per heavy atom. The Hall–Kier alpha value is -1.98. The second-order valence-electron chi connectivity index (χ2n) is 5.34. The van der Waals surface area contributed by atoms with E-state index >= 15 is 0 Å². The van der Waals surface area contributed by atoms with Crippen LogP contribution in [0.25, 0.3) is 0 Å². The molecule has 5 nitrogen and oxygen atoms in total. The van der Waals surface area contributed by atoms with Crippen LogP contribution in [0.4, 0.5) is 15.8 Å². The fourth-order valence-electron chi connectivity index (χ4n) is 2.90. The number of nitro benzene ring substituents is 1. The van der Waals surface area contributed by atoms with E-state index in [0.29, 0.717) is 11.8 Å². The highest BCUT2D eigenvalue weighted by Gasteiger charge is 2.47. The lowest BCUT2D eigenvalue weighted by Gasteiger charge is -2.12. The molecule has 1 amide bonds. The minimum Gasteiger partial charge on any atom is -0.326 e. The van der Waals surface area contributed by atoms with Gasteiger partial charge in [-0.25, -0.2) is 0 Å². The largest absolute Gasteiger partial charge is 0.326 e. The number of nitrogens with one attached hydrogen (secondary N) is 1. The first-order valence-electron chi connectivity index (χ1n) is 6.29. The van der Waals surface area contributed by atoms with E-state index in [-0.39, 0.29) is 17.5 Å². The quantitative estimate of drug-likeness (QED) is 0.674. The highest BCUT2D eigenvalue weighted by molar-refractivity contribution is 5.93. The molecule has 1 aromatic rings. The van der Waals surface area contributed by atoms with Gasteiger partial charge in [-0.05, 0) is 43.2 Å². The number of hydrogen-bond donors (Lipinski definition) is 1. The van der Waals surface area contributed by atoms with Gasteiger partial charge < -0.3 is 5.32 Å². The van der Waals surface area contributed by atoms with Gasteiger partial charge in [-0.3, -0.25) is 14.9 Å². The molecule has 2 atom stereocenters. The van der Waals surface area contributed by atoms with Crippen LogP contribution in [0.5, 0.6) is 0 Å². The van der Waals surface area contributed by atoms with E-state index < -0.39 is 16.4 Å². The molecule has 1 N–H and O–H groups in total. The second kappa shape index (κ2) is 4.29. The predicted molar refractivity (Wildman–Crippen MR) is 66.0 cm³/mol. The highest BCUT2D eigenvalue weighted by Crippen LogP contribution is 2.54. The van der Waals surface area contributed by atoms with Crippen LogP contribution in [-0.2, 0) is 4.79 Å². The molecule has 2 fully saturated rings. The zero-order chi connectivity index (χ0) is 13.6. The van der Waals surface area contributed by atoms with Gasteiger partial charge in [0.15, 0.2) is 0 Å². The number of fused-ring (bicyclic) bond motifs is 1. The summed E-state index contributed by atoms with van der Waals surface area (Å²) in [7, 11) is 0. The van der Waals surface area contributed by atoms with Gasteiger partial charge in [0.1, 0.15) is 0 Å². The first-order valence-corrected chi connectivity index (χ1v) is 6.29. The maximum atomic E-state index is 13.2. The Kier molecular flexibility index (Phi) is 2.73. The van der Waals surface area contributed by atoms with Gasteiger partial charge in [0, 0.05) is 17.7 Å². The lowest BCUT2D eigenvalue weighted by atomic mass is 10.0. The second-order valence-corrected chi connectivity index (χ2v) is 5.34. The molecule has 0 saturated heterocycles. The Labute approximate surface area is 109 Å². The molecule has 6 heteroatoms. The molecule has 0 heterocycles. The molecule has 2 aliphatic rings. The zero-order valence-electron chi connectivity index (χ0n) is 10.1. The molecule has 2 aliphatic carbocycles. The number of benzene rings is 1. The summed E-state index contributed by atoms with van der Waals surface area (Å²) < 4.78 is 13.2. The zero-order valence-corrected chi connectivity index (χ0v) is 10.1. The summed E-state index contributed by atoms with van der Waals surface area (Å²) in [5, 5.41) is 13.3. The number of halogens is 1.